The second kappa shape index (κ2) is 13.2. The summed E-state index contributed by atoms with van der Waals surface area (Å²) in [5.41, 5.74) is 2.12. The van der Waals surface area contributed by atoms with Gasteiger partial charge in [0, 0.05) is 42.1 Å². The Labute approximate surface area is 265 Å². The van der Waals surface area contributed by atoms with Crippen LogP contribution in [0.15, 0.2) is 53.2 Å². The highest BCUT2D eigenvalue weighted by Gasteiger charge is 2.51. The number of ketones is 2. The van der Waals surface area contributed by atoms with E-state index in [9.17, 15) is 22.8 Å². The summed E-state index contributed by atoms with van der Waals surface area (Å²) in [5.74, 6) is 1.22. The van der Waals surface area contributed by atoms with Crippen molar-refractivity contribution in [1.29, 1.82) is 0 Å². The highest BCUT2D eigenvalue weighted by molar-refractivity contribution is 7.85. The number of carbonyl (C=O) groups excluding carboxylic acids is 3. The zero-order chi connectivity index (χ0) is 34.0. The number of nitrogens with zero attached hydrogens (tertiary/aromatic N) is 2. The monoisotopic (exact) mass is 640 g/mol. The number of carbonyl (C=O) groups is 3. The predicted octanol–water partition coefficient (Wildman–Crippen LogP) is 6.69. The Morgan fingerprint density at radius 2 is 1.64 bits per heavy atom. The maximum atomic E-state index is 13.1. The van der Waals surface area contributed by atoms with Crippen LogP contribution in [-0.2, 0) is 26.7 Å². The minimum absolute atomic E-state index is 0.0531. The van der Waals surface area contributed by atoms with Gasteiger partial charge in [0.2, 0.25) is 0 Å². The molecule has 2 aromatic heterocycles. The van der Waals surface area contributed by atoms with Crippen LogP contribution in [0.25, 0.3) is 0 Å². The molecule has 2 amide bonds. The molecule has 0 saturated heterocycles. The smallest absolute Gasteiger partial charge is 0.324 e. The van der Waals surface area contributed by atoms with Gasteiger partial charge in [0.25, 0.3) is 10.1 Å². The number of rotatable bonds is 6. The third-order valence-corrected chi connectivity index (χ3v) is 8.46. The first-order valence-electron chi connectivity index (χ1n) is 14.7. The summed E-state index contributed by atoms with van der Waals surface area (Å²) < 4.78 is 31.2. The molecule has 2 atom stereocenters. The van der Waals surface area contributed by atoms with E-state index in [2.05, 4.69) is 55.4 Å². The van der Waals surface area contributed by atoms with Crippen molar-refractivity contribution in [2.75, 3.05) is 16.9 Å². The first-order valence-corrected chi connectivity index (χ1v) is 16.5. The fourth-order valence-corrected chi connectivity index (χ4v) is 5.68. The molecule has 2 unspecified atom stereocenters. The van der Waals surface area contributed by atoms with Crippen molar-refractivity contribution in [2.45, 2.75) is 79.6 Å². The van der Waals surface area contributed by atoms with Gasteiger partial charge in [-0.25, -0.2) is 4.79 Å². The molecule has 3 N–H and O–H groups in total. The zero-order valence-electron chi connectivity index (χ0n) is 27.4. The third kappa shape index (κ3) is 9.54. The van der Waals surface area contributed by atoms with Gasteiger partial charge in [-0.05, 0) is 46.1 Å². The summed E-state index contributed by atoms with van der Waals surface area (Å²) in [5, 5.41) is 9.29. The molecule has 3 aromatic rings. The van der Waals surface area contributed by atoms with E-state index in [1.54, 1.807) is 42.6 Å². The molecular formula is C33H44N4O7S. The first-order chi connectivity index (χ1) is 20.6. The molecule has 0 aliphatic heterocycles. The molecule has 1 saturated carbocycles. The lowest BCUT2D eigenvalue weighted by Gasteiger charge is -2.51. The molecule has 0 spiro atoms. The molecule has 45 heavy (non-hydrogen) atoms. The van der Waals surface area contributed by atoms with Crippen LogP contribution < -0.4 is 10.6 Å². The molecule has 12 heteroatoms. The first kappa shape index (κ1) is 35.6. The number of benzene rings is 1. The highest BCUT2D eigenvalue weighted by atomic mass is 32.2. The maximum absolute atomic E-state index is 13.1. The van der Waals surface area contributed by atoms with Crippen LogP contribution in [0.1, 0.15) is 95.1 Å². The number of aromatic nitrogens is 2. The second-order valence-electron chi connectivity index (χ2n) is 14.0. The average Bonchev–Trinajstić information content (AvgIpc) is 3.37. The number of hydrogen-bond donors (Lipinski definition) is 3. The molecule has 1 aliphatic rings. The Bertz CT molecular complexity index is 1630. The number of urea groups is 1. The van der Waals surface area contributed by atoms with Crippen LogP contribution in [0.3, 0.4) is 0 Å². The van der Waals surface area contributed by atoms with Gasteiger partial charge >= 0.3 is 6.03 Å². The quantitative estimate of drug-likeness (QED) is 0.196. The van der Waals surface area contributed by atoms with E-state index in [-0.39, 0.29) is 40.2 Å². The number of nitrogens with one attached hydrogen (secondary N) is 2. The van der Waals surface area contributed by atoms with Gasteiger partial charge in [0.1, 0.15) is 17.2 Å². The fraction of sp³-hybridized carbons (Fsp3) is 0.485. The van der Waals surface area contributed by atoms with Gasteiger partial charge in [0.05, 0.1) is 6.26 Å². The maximum Gasteiger partial charge on any atom is 0.324 e. The fourth-order valence-electron chi connectivity index (χ4n) is 5.68. The van der Waals surface area contributed by atoms with Crippen LogP contribution >= 0.6 is 0 Å². The Balaban J connectivity index is 0.00000102. The summed E-state index contributed by atoms with van der Waals surface area (Å²) in [4.78, 5) is 42.9. The summed E-state index contributed by atoms with van der Waals surface area (Å²) >= 11 is 0. The Morgan fingerprint density at radius 3 is 2.16 bits per heavy atom. The highest BCUT2D eigenvalue weighted by Crippen LogP contribution is 2.55. The van der Waals surface area contributed by atoms with Crippen molar-refractivity contribution in [3.8, 4) is 0 Å². The minimum Gasteiger partial charge on any atom is -0.359 e. The largest absolute Gasteiger partial charge is 0.359 e. The van der Waals surface area contributed by atoms with Crippen LogP contribution in [0, 0.1) is 16.7 Å². The molecule has 4 rings (SSSR count). The van der Waals surface area contributed by atoms with Crippen molar-refractivity contribution in [3.63, 3.8) is 0 Å². The molecular weight excluding hydrogens is 596 g/mol. The lowest BCUT2D eigenvalue weighted by atomic mass is 9.52. The van der Waals surface area contributed by atoms with E-state index in [0.29, 0.717) is 41.6 Å². The third-order valence-electron chi connectivity index (χ3n) is 8.46. The van der Waals surface area contributed by atoms with Crippen LogP contribution in [0.2, 0.25) is 0 Å². The van der Waals surface area contributed by atoms with Gasteiger partial charge in [-0.15, -0.1) is 0 Å². The minimum atomic E-state index is -3.67. The Morgan fingerprint density at radius 1 is 1.04 bits per heavy atom. The van der Waals surface area contributed by atoms with Crippen molar-refractivity contribution >= 4 is 39.2 Å². The lowest BCUT2D eigenvalue weighted by Crippen LogP contribution is -2.48. The van der Waals surface area contributed by atoms with E-state index in [0.717, 1.165) is 11.1 Å². The zero-order valence-corrected chi connectivity index (χ0v) is 28.2. The molecule has 0 radical (unpaired) electrons. The van der Waals surface area contributed by atoms with Gasteiger partial charge in [-0.1, -0.05) is 78.7 Å². The number of Topliss-reactive ketones (excluding diaryl/α,β-unsaturated/α-hetero) is 2. The normalized spacial score (nSPS) is 19.2. The summed E-state index contributed by atoms with van der Waals surface area (Å²) in [6.45, 7) is 16.8. The van der Waals surface area contributed by atoms with E-state index in [4.69, 9.17) is 9.08 Å². The van der Waals surface area contributed by atoms with Crippen molar-refractivity contribution in [2.24, 2.45) is 16.7 Å². The van der Waals surface area contributed by atoms with Crippen molar-refractivity contribution < 1.29 is 31.9 Å². The summed E-state index contributed by atoms with van der Waals surface area (Å²) in [6, 6.07) is 11.9. The Hall–Kier alpha value is -3.90. The standard InChI is InChI=1S/C32H40N4O4.CH4O3S/c1-19-31(5,6)17-25(38)28(32(19,7)8)21-11-14-23(33-18-21)24(37)15-20-9-12-22(13-10-20)34-29(39)35-27-16-26(40-36-27)30(2,3)4;1-5(2,3)4/h9-14,16,18-19,28H,15,17H2,1-8H3,(H2,34,35,36,39);1H3,(H,2,3,4). The number of amides is 2. The molecule has 1 fully saturated rings. The Kier molecular flexibility index (Phi) is 10.5. The van der Waals surface area contributed by atoms with Gasteiger partial charge in [-0.2, -0.15) is 8.42 Å². The average molecular weight is 641 g/mol. The number of hydrogen-bond acceptors (Lipinski definition) is 8. The lowest BCUT2D eigenvalue weighted by molar-refractivity contribution is -0.134. The summed E-state index contributed by atoms with van der Waals surface area (Å²) in [6.07, 6.45) is 3.11. The molecule has 1 aliphatic carbocycles. The molecule has 1 aromatic carbocycles. The van der Waals surface area contributed by atoms with Crippen molar-refractivity contribution in [1.82, 2.24) is 10.1 Å². The number of anilines is 2. The van der Waals surface area contributed by atoms with Crippen LogP contribution in [-0.4, -0.2) is 47.0 Å². The second-order valence-corrected chi connectivity index (χ2v) is 15.5. The molecule has 244 valence electrons. The SMILES string of the molecule is CC1C(C)(C)CC(=O)C(c2ccc(C(=O)Cc3ccc(NC(=O)Nc4cc(C(C)(C)C)on4)cc3)nc2)C1(C)C.CS(=O)(=O)O. The van der Waals surface area contributed by atoms with E-state index in [1.165, 1.54) is 0 Å². The van der Waals surface area contributed by atoms with E-state index < -0.39 is 16.1 Å². The van der Waals surface area contributed by atoms with Gasteiger partial charge < -0.3 is 9.84 Å². The van der Waals surface area contributed by atoms with E-state index in [1.807, 2.05) is 26.8 Å². The number of pyridine rings is 1. The van der Waals surface area contributed by atoms with E-state index >= 15 is 0 Å². The summed E-state index contributed by atoms with van der Waals surface area (Å²) in [7, 11) is -3.67. The predicted molar refractivity (Wildman–Crippen MR) is 173 cm³/mol. The topological polar surface area (TPSA) is 169 Å². The van der Waals surface area contributed by atoms with Crippen molar-refractivity contribution in [3.05, 3.63) is 71.2 Å². The molecule has 11 nitrogen and oxygen atoms in total. The molecule has 2 heterocycles. The van der Waals surface area contributed by atoms with Crippen LogP contribution in [0.4, 0.5) is 16.3 Å². The van der Waals surface area contributed by atoms with Crippen LogP contribution in [0.5, 0.6) is 0 Å². The van der Waals surface area contributed by atoms with Gasteiger partial charge in [0.15, 0.2) is 11.6 Å². The van der Waals surface area contributed by atoms with Gasteiger partial charge in [-0.3, -0.25) is 24.4 Å². The molecule has 0 bridgehead atoms.